The van der Waals surface area contributed by atoms with Crippen LogP contribution in [0.2, 0.25) is 0 Å². The van der Waals surface area contributed by atoms with Crippen molar-refractivity contribution in [1.82, 2.24) is 25.1 Å². The lowest BCUT2D eigenvalue weighted by atomic mass is 10.0. The van der Waals surface area contributed by atoms with E-state index < -0.39 is 0 Å². The molecule has 8 nitrogen and oxygen atoms in total. The van der Waals surface area contributed by atoms with E-state index in [0.717, 1.165) is 5.56 Å². The average Bonchev–Trinajstić information content (AvgIpc) is 3.34. The van der Waals surface area contributed by atoms with E-state index in [1.54, 1.807) is 23.7 Å². The van der Waals surface area contributed by atoms with Gasteiger partial charge in [0.25, 0.3) is 5.91 Å². The van der Waals surface area contributed by atoms with Gasteiger partial charge in [0.15, 0.2) is 16.1 Å². The number of aryl methyl sites for hydroxylation is 1. The fraction of sp³-hybridized carbons (Fsp3) is 0.350. The van der Waals surface area contributed by atoms with Gasteiger partial charge in [-0.1, -0.05) is 43.3 Å². The first kappa shape index (κ1) is 22.0. The molecule has 2 heterocycles. The molecule has 158 valence electrons. The van der Waals surface area contributed by atoms with Crippen molar-refractivity contribution in [2.75, 3.05) is 11.1 Å². The number of nitrogens with zero attached hydrogens (tertiary/aromatic N) is 4. The highest BCUT2D eigenvalue weighted by molar-refractivity contribution is 7.99. The number of benzene rings is 1. The van der Waals surface area contributed by atoms with Crippen molar-refractivity contribution >= 4 is 40.0 Å². The summed E-state index contributed by atoms with van der Waals surface area (Å²) in [5, 5.41) is 17.3. The largest absolute Gasteiger partial charge is 0.342 e. The zero-order valence-electron chi connectivity index (χ0n) is 17.2. The minimum atomic E-state index is -0.310. The maximum atomic E-state index is 12.7. The van der Waals surface area contributed by atoms with Gasteiger partial charge in [-0.05, 0) is 25.0 Å². The Kier molecular flexibility index (Phi) is 7.22. The number of carbonyl (C=O) groups is 2. The first-order chi connectivity index (χ1) is 14.3. The zero-order valence-corrected chi connectivity index (χ0v) is 18.9. The van der Waals surface area contributed by atoms with Crippen LogP contribution in [0.5, 0.6) is 0 Å². The SMILES string of the molecule is Cc1ccc(C(=O)N[C@@H](c2nnc(SCC(=O)Nc3nccs3)n2C)C(C)C)cc1. The molecule has 0 fully saturated rings. The lowest BCUT2D eigenvalue weighted by Crippen LogP contribution is -2.33. The normalized spacial score (nSPS) is 12.0. The topological polar surface area (TPSA) is 102 Å². The third-order valence-electron chi connectivity index (χ3n) is 4.42. The highest BCUT2D eigenvalue weighted by Crippen LogP contribution is 2.24. The van der Waals surface area contributed by atoms with Crippen LogP contribution >= 0.6 is 23.1 Å². The number of thioether (sulfide) groups is 1. The molecule has 0 aliphatic carbocycles. The van der Waals surface area contributed by atoms with E-state index in [1.165, 1.54) is 23.1 Å². The molecule has 10 heteroatoms. The zero-order chi connectivity index (χ0) is 21.7. The van der Waals surface area contributed by atoms with Crippen LogP contribution in [0.1, 0.15) is 41.6 Å². The summed E-state index contributed by atoms with van der Waals surface area (Å²) >= 11 is 2.65. The van der Waals surface area contributed by atoms with Gasteiger partial charge >= 0.3 is 0 Å². The second-order valence-electron chi connectivity index (χ2n) is 7.14. The molecule has 0 bridgehead atoms. The molecule has 0 saturated carbocycles. The van der Waals surface area contributed by atoms with Gasteiger partial charge in [-0.2, -0.15) is 0 Å². The van der Waals surface area contributed by atoms with E-state index in [-0.39, 0.29) is 29.5 Å². The average molecular weight is 445 g/mol. The smallest absolute Gasteiger partial charge is 0.251 e. The number of thiazole rings is 1. The van der Waals surface area contributed by atoms with E-state index in [9.17, 15) is 9.59 Å². The van der Waals surface area contributed by atoms with Gasteiger partial charge < -0.3 is 15.2 Å². The summed E-state index contributed by atoms with van der Waals surface area (Å²) in [4.78, 5) is 28.8. The molecule has 3 rings (SSSR count). The predicted octanol–water partition coefficient (Wildman–Crippen LogP) is 3.44. The molecule has 0 aliphatic heterocycles. The molecule has 2 N–H and O–H groups in total. The number of hydrogen-bond acceptors (Lipinski definition) is 7. The van der Waals surface area contributed by atoms with Crippen molar-refractivity contribution in [3.05, 3.63) is 52.8 Å². The van der Waals surface area contributed by atoms with E-state index in [1.807, 2.05) is 44.5 Å². The van der Waals surface area contributed by atoms with Gasteiger partial charge in [-0.25, -0.2) is 4.98 Å². The summed E-state index contributed by atoms with van der Waals surface area (Å²) in [6, 6.07) is 7.12. The number of anilines is 1. The first-order valence-corrected chi connectivity index (χ1v) is 11.3. The Balaban J connectivity index is 1.67. The van der Waals surface area contributed by atoms with E-state index in [2.05, 4.69) is 25.8 Å². The molecule has 0 saturated heterocycles. The second-order valence-corrected chi connectivity index (χ2v) is 8.97. The standard InChI is InChI=1S/C20H24N6O2S2/c1-12(2)16(23-18(28)14-7-5-13(3)6-8-14)17-24-25-20(26(17)4)30-11-15(27)22-19-21-9-10-29-19/h5-10,12,16H,11H2,1-4H3,(H,23,28)(H,21,22,27)/t16-/m1/s1. The molecule has 0 radical (unpaired) electrons. The van der Waals surface area contributed by atoms with Crippen LogP contribution in [-0.4, -0.2) is 37.3 Å². The summed E-state index contributed by atoms with van der Waals surface area (Å²) in [5.74, 6) is 0.621. The Labute approximate surface area is 183 Å². The van der Waals surface area contributed by atoms with Gasteiger partial charge in [-0.3, -0.25) is 9.59 Å². The number of aromatic nitrogens is 4. The number of rotatable bonds is 8. The Hall–Kier alpha value is -2.72. The number of amides is 2. The van der Waals surface area contributed by atoms with Crippen molar-refractivity contribution in [2.45, 2.75) is 32.0 Å². The fourth-order valence-corrected chi connectivity index (χ4v) is 4.02. The van der Waals surface area contributed by atoms with Crippen LogP contribution in [0.25, 0.3) is 0 Å². The van der Waals surface area contributed by atoms with Crippen LogP contribution in [0.4, 0.5) is 5.13 Å². The summed E-state index contributed by atoms with van der Waals surface area (Å²) in [5.41, 5.74) is 1.70. The monoisotopic (exact) mass is 444 g/mol. The van der Waals surface area contributed by atoms with Crippen molar-refractivity contribution in [3.8, 4) is 0 Å². The van der Waals surface area contributed by atoms with Gasteiger partial charge in [0.1, 0.15) is 0 Å². The van der Waals surface area contributed by atoms with E-state index in [4.69, 9.17) is 0 Å². The quantitative estimate of drug-likeness (QED) is 0.516. The maximum Gasteiger partial charge on any atom is 0.251 e. The lowest BCUT2D eigenvalue weighted by Gasteiger charge is -2.21. The summed E-state index contributed by atoms with van der Waals surface area (Å²) in [6.07, 6.45) is 1.64. The van der Waals surface area contributed by atoms with Gasteiger partial charge in [0, 0.05) is 24.2 Å². The van der Waals surface area contributed by atoms with Gasteiger partial charge in [-0.15, -0.1) is 21.5 Å². The van der Waals surface area contributed by atoms with Crippen molar-refractivity contribution in [2.24, 2.45) is 13.0 Å². The van der Waals surface area contributed by atoms with Crippen LogP contribution in [0, 0.1) is 12.8 Å². The highest BCUT2D eigenvalue weighted by Gasteiger charge is 2.25. The molecular formula is C20H24N6O2S2. The van der Waals surface area contributed by atoms with Crippen molar-refractivity contribution in [1.29, 1.82) is 0 Å². The molecule has 3 aromatic rings. The molecule has 0 unspecified atom stereocenters. The minimum absolute atomic E-state index is 0.105. The highest BCUT2D eigenvalue weighted by atomic mass is 32.2. The van der Waals surface area contributed by atoms with Crippen LogP contribution in [0.3, 0.4) is 0 Å². The van der Waals surface area contributed by atoms with Crippen molar-refractivity contribution in [3.63, 3.8) is 0 Å². The summed E-state index contributed by atoms with van der Waals surface area (Å²) in [6.45, 7) is 6.01. The Bertz CT molecular complexity index is 999. The predicted molar refractivity (Wildman–Crippen MR) is 119 cm³/mol. The maximum absolute atomic E-state index is 12.7. The fourth-order valence-electron chi connectivity index (χ4n) is 2.75. The number of carbonyl (C=O) groups excluding carboxylic acids is 2. The summed E-state index contributed by atoms with van der Waals surface area (Å²) < 4.78 is 1.82. The first-order valence-electron chi connectivity index (χ1n) is 9.44. The van der Waals surface area contributed by atoms with Crippen LogP contribution in [-0.2, 0) is 11.8 Å². The number of hydrogen-bond donors (Lipinski definition) is 2. The molecule has 0 spiro atoms. The van der Waals surface area contributed by atoms with E-state index >= 15 is 0 Å². The molecule has 30 heavy (non-hydrogen) atoms. The van der Waals surface area contributed by atoms with Gasteiger partial charge in [0.2, 0.25) is 5.91 Å². The number of nitrogens with one attached hydrogen (secondary N) is 2. The van der Waals surface area contributed by atoms with Crippen molar-refractivity contribution < 1.29 is 9.59 Å². The molecule has 1 aromatic carbocycles. The molecular weight excluding hydrogens is 420 g/mol. The van der Waals surface area contributed by atoms with Crippen LogP contribution < -0.4 is 10.6 Å². The Morgan fingerprint density at radius 3 is 2.57 bits per heavy atom. The molecule has 0 aliphatic rings. The minimum Gasteiger partial charge on any atom is -0.342 e. The molecule has 1 atom stereocenters. The third-order valence-corrected chi connectivity index (χ3v) is 6.13. The Morgan fingerprint density at radius 2 is 1.93 bits per heavy atom. The lowest BCUT2D eigenvalue weighted by molar-refractivity contribution is -0.113. The second kappa shape index (κ2) is 9.86. The molecule has 2 amide bonds. The van der Waals surface area contributed by atoms with Crippen LogP contribution in [0.15, 0.2) is 41.0 Å². The summed E-state index contributed by atoms with van der Waals surface area (Å²) in [7, 11) is 1.84. The third kappa shape index (κ3) is 5.45. The van der Waals surface area contributed by atoms with Gasteiger partial charge in [0.05, 0.1) is 11.8 Å². The molecule has 2 aromatic heterocycles. The van der Waals surface area contributed by atoms with E-state index in [0.29, 0.717) is 21.7 Å². The Morgan fingerprint density at radius 1 is 1.20 bits per heavy atom.